The molecule has 96 valence electrons. The number of nitrogens with zero attached hydrogens (tertiary/aromatic N) is 2. The summed E-state index contributed by atoms with van der Waals surface area (Å²) < 4.78 is 3.24. The second-order valence-corrected chi connectivity index (χ2v) is 4.78. The van der Waals surface area contributed by atoms with Crippen LogP contribution >= 0.6 is 11.6 Å². The molecule has 4 nitrogen and oxygen atoms in total. The van der Waals surface area contributed by atoms with Crippen LogP contribution in [0, 0.1) is 0 Å². The Bertz CT molecular complexity index is 832. The smallest absolute Gasteiger partial charge is 0.333 e. The van der Waals surface area contributed by atoms with Gasteiger partial charge in [0.1, 0.15) is 0 Å². The molecule has 3 aromatic rings. The van der Waals surface area contributed by atoms with E-state index in [1.165, 1.54) is 0 Å². The molecule has 1 aromatic heterocycles. The van der Waals surface area contributed by atoms with Gasteiger partial charge in [-0.15, -0.1) is 0 Å². The van der Waals surface area contributed by atoms with Crippen molar-refractivity contribution in [2.45, 2.75) is 0 Å². The number of halogens is 1. The molecule has 19 heavy (non-hydrogen) atoms. The van der Waals surface area contributed by atoms with E-state index in [-0.39, 0.29) is 5.69 Å². The Balaban J connectivity index is 2.39. The van der Waals surface area contributed by atoms with Crippen molar-refractivity contribution < 1.29 is 0 Å². The number of nitrogens with two attached hydrogens (primary N) is 1. The second-order valence-electron chi connectivity index (χ2n) is 4.37. The molecule has 0 aliphatic rings. The van der Waals surface area contributed by atoms with Crippen LogP contribution in [0.4, 0.5) is 5.69 Å². The Morgan fingerprint density at radius 2 is 1.79 bits per heavy atom. The maximum atomic E-state index is 12.3. The lowest BCUT2D eigenvalue weighted by molar-refractivity contribution is 0.846. The molecule has 2 aromatic carbocycles. The Labute approximate surface area is 114 Å². The number of fused-ring (bicyclic) bond motifs is 1. The Kier molecular flexibility index (Phi) is 2.61. The molecule has 0 saturated carbocycles. The van der Waals surface area contributed by atoms with Crippen LogP contribution in [0.15, 0.2) is 47.3 Å². The average Bonchev–Trinajstić information content (AvgIpc) is 2.66. The molecule has 5 heteroatoms. The third-order valence-corrected chi connectivity index (χ3v) is 3.53. The van der Waals surface area contributed by atoms with E-state index in [4.69, 9.17) is 17.3 Å². The quantitative estimate of drug-likeness (QED) is 0.693. The summed E-state index contributed by atoms with van der Waals surface area (Å²) in [5.41, 5.74) is 8.52. The van der Waals surface area contributed by atoms with Gasteiger partial charge < -0.3 is 5.73 Å². The van der Waals surface area contributed by atoms with Crippen LogP contribution in [-0.4, -0.2) is 9.13 Å². The first-order chi connectivity index (χ1) is 9.09. The second kappa shape index (κ2) is 4.17. The van der Waals surface area contributed by atoms with Crippen molar-refractivity contribution in [3.8, 4) is 5.69 Å². The number of aromatic nitrogens is 2. The molecule has 3 rings (SSSR count). The minimum absolute atomic E-state index is 0.109. The van der Waals surface area contributed by atoms with Crippen molar-refractivity contribution in [1.82, 2.24) is 9.13 Å². The number of imidazole rings is 1. The van der Waals surface area contributed by atoms with E-state index in [2.05, 4.69) is 0 Å². The van der Waals surface area contributed by atoms with Gasteiger partial charge in [0.25, 0.3) is 0 Å². The topological polar surface area (TPSA) is 53.0 Å². The van der Waals surface area contributed by atoms with Crippen molar-refractivity contribution in [1.29, 1.82) is 0 Å². The van der Waals surface area contributed by atoms with Gasteiger partial charge in [-0.3, -0.25) is 9.13 Å². The zero-order valence-electron chi connectivity index (χ0n) is 10.3. The van der Waals surface area contributed by atoms with Crippen LogP contribution in [-0.2, 0) is 7.05 Å². The van der Waals surface area contributed by atoms with Crippen LogP contribution in [0.5, 0.6) is 0 Å². The van der Waals surface area contributed by atoms with Crippen molar-refractivity contribution in [3.05, 3.63) is 58.0 Å². The van der Waals surface area contributed by atoms with Crippen LogP contribution in [0.1, 0.15) is 0 Å². The summed E-state index contributed by atoms with van der Waals surface area (Å²) in [5.74, 6) is 0. The summed E-state index contributed by atoms with van der Waals surface area (Å²) in [6.07, 6.45) is 0. The molecular formula is C14H12ClN3O. The fraction of sp³-hybridized carbons (Fsp3) is 0.0714. The molecule has 0 saturated heterocycles. The van der Waals surface area contributed by atoms with E-state index in [1.54, 1.807) is 34.4 Å². The number of benzene rings is 2. The highest BCUT2D eigenvalue weighted by atomic mass is 35.5. The van der Waals surface area contributed by atoms with Gasteiger partial charge in [-0.25, -0.2) is 4.79 Å². The van der Waals surface area contributed by atoms with Crippen LogP contribution < -0.4 is 11.4 Å². The highest BCUT2D eigenvalue weighted by molar-refractivity contribution is 6.33. The monoisotopic (exact) mass is 273 g/mol. The minimum Gasteiger partial charge on any atom is -0.398 e. The van der Waals surface area contributed by atoms with Crippen molar-refractivity contribution in [2.24, 2.45) is 7.05 Å². The molecule has 0 unspecified atom stereocenters. The van der Waals surface area contributed by atoms with E-state index >= 15 is 0 Å². The van der Waals surface area contributed by atoms with Crippen LogP contribution in [0.2, 0.25) is 5.02 Å². The number of aryl methyl sites for hydroxylation is 1. The third kappa shape index (κ3) is 1.72. The zero-order chi connectivity index (χ0) is 13.6. The van der Waals surface area contributed by atoms with Gasteiger partial charge in [-0.05, 0) is 30.3 Å². The fourth-order valence-corrected chi connectivity index (χ4v) is 2.37. The molecule has 2 N–H and O–H groups in total. The lowest BCUT2D eigenvalue weighted by atomic mass is 10.2. The molecule has 0 aliphatic carbocycles. The van der Waals surface area contributed by atoms with E-state index in [1.807, 2.05) is 24.3 Å². The predicted molar refractivity (Wildman–Crippen MR) is 77.9 cm³/mol. The van der Waals surface area contributed by atoms with E-state index in [0.717, 1.165) is 11.0 Å². The average molecular weight is 274 g/mol. The Morgan fingerprint density at radius 3 is 2.47 bits per heavy atom. The standard InChI is InChI=1S/C14H12ClN3O/c1-17-12-4-2-3-5-13(12)18(14(17)19)9-6-7-11(16)10(15)8-9/h2-8H,16H2,1H3. The maximum Gasteiger partial charge on any atom is 0.333 e. The summed E-state index contributed by atoms with van der Waals surface area (Å²) in [6.45, 7) is 0. The van der Waals surface area contributed by atoms with Gasteiger partial charge in [-0.1, -0.05) is 23.7 Å². The number of hydrogen-bond donors (Lipinski definition) is 1. The number of nitrogen functional groups attached to an aromatic ring is 1. The fourth-order valence-electron chi connectivity index (χ4n) is 2.20. The van der Waals surface area contributed by atoms with Crippen LogP contribution in [0.25, 0.3) is 16.7 Å². The molecule has 0 radical (unpaired) electrons. The van der Waals surface area contributed by atoms with Gasteiger partial charge in [0.05, 0.1) is 27.4 Å². The molecule has 0 aliphatic heterocycles. The van der Waals surface area contributed by atoms with Gasteiger partial charge in [0.2, 0.25) is 0 Å². The lowest BCUT2D eigenvalue weighted by Gasteiger charge is -2.05. The largest absolute Gasteiger partial charge is 0.398 e. The van der Waals surface area contributed by atoms with Crippen molar-refractivity contribution in [3.63, 3.8) is 0 Å². The van der Waals surface area contributed by atoms with Crippen molar-refractivity contribution in [2.75, 3.05) is 5.73 Å². The minimum atomic E-state index is -0.109. The number of hydrogen-bond acceptors (Lipinski definition) is 2. The molecule has 0 spiro atoms. The first-order valence-electron chi connectivity index (χ1n) is 5.81. The van der Waals surface area contributed by atoms with Gasteiger partial charge >= 0.3 is 5.69 Å². The molecule has 0 bridgehead atoms. The number of rotatable bonds is 1. The summed E-state index contributed by atoms with van der Waals surface area (Å²) in [6, 6.07) is 12.8. The SMILES string of the molecule is Cn1c(=O)n(-c2ccc(N)c(Cl)c2)c2ccccc21. The van der Waals surface area contributed by atoms with Crippen molar-refractivity contribution >= 4 is 28.3 Å². The maximum absolute atomic E-state index is 12.3. The number of para-hydroxylation sites is 2. The summed E-state index contributed by atoms with van der Waals surface area (Å²) in [4.78, 5) is 12.3. The van der Waals surface area contributed by atoms with Gasteiger partial charge in [0.15, 0.2) is 0 Å². The highest BCUT2D eigenvalue weighted by Crippen LogP contribution is 2.23. The molecule has 0 atom stereocenters. The van der Waals surface area contributed by atoms with Crippen LogP contribution in [0.3, 0.4) is 0 Å². The van der Waals surface area contributed by atoms with E-state index < -0.39 is 0 Å². The summed E-state index contributed by atoms with van der Waals surface area (Å²) in [5, 5.41) is 0.442. The summed E-state index contributed by atoms with van der Waals surface area (Å²) >= 11 is 6.03. The summed E-state index contributed by atoms with van der Waals surface area (Å²) in [7, 11) is 1.75. The third-order valence-electron chi connectivity index (χ3n) is 3.20. The van der Waals surface area contributed by atoms with E-state index in [0.29, 0.717) is 16.4 Å². The molecule has 0 fully saturated rings. The van der Waals surface area contributed by atoms with E-state index in [9.17, 15) is 4.79 Å². The first-order valence-corrected chi connectivity index (χ1v) is 6.19. The predicted octanol–water partition coefficient (Wildman–Crippen LogP) is 2.56. The Hall–Kier alpha value is -2.20. The molecule has 1 heterocycles. The molecule has 0 amide bonds. The normalized spacial score (nSPS) is 11.1. The van der Waals surface area contributed by atoms with Gasteiger partial charge in [0, 0.05) is 7.05 Å². The number of anilines is 1. The molecular weight excluding hydrogens is 262 g/mol. The zero-order valence-corrected chi connectivity index (χ0v) is 11.1. The Morgan fingerprint density at radius 1 is 1.11 bits per heavy atom. The van der Waals surface area contributed by atoms with Gasteiger partial charge in [-0.2, -0.15) is 0 Å². The highest BCUT2D eigenvalue weighted by Gasteiger charge is 2.12. The first kappa shape index (κ1) is 11.9. The lowest BCUT2D eigenvalue weighted by Crippen LogP contribution is -2.20.